The summed E-state index contributed by atoms with van der Waals surface area (Å²) >= 11 is 6.29. The van der Waals surface area contributed by atoms with Gasteiger partial charge in [-0.05, 0) is 43.7 Å². The molecule has 0 aliphatic heterocycles. The van der Waals surface area contributed by atoms with Crippen LogP contribution in [0.4, 0.5) is 11.4 Å². The molecule has 0 spiro atoms. The van der Waals surface area contributed by atoms with E-state index in [9.17, 15) is 23.1 Å². The number of sulfone groups is 1. The summed E-state index contributed by atoms with van der Waals surface area (Å²) in [7, 11) is -2.51. The van der Waals surface area contributed by atoms with E-state index >= 15 is 0 Å². The number of phenols is 1. The largest absolute Gasteiger partial charge is 0.506 e. The first-order valence-electron chi connectivity index (χ1n) is 10.7. The van der Waals surface area contributed by atoms with Crippen LogP contribution >= 0.6 is 11.6 Å². The molecule has 3 rings (SSSR count). The number of carbonyl (C=O) groups excluding carboxylic acids is 2. The van der Waals surface area contributed by atoms with Crippen LogP contribution in [0.5, 0.6) is 11.5 Å². The van der Waals surface area contributed by atoms with E-state index < -0.39 is 26.9 Å². The lowest BCUT2D eigenvalue weighted by molar-refractivity contribution is -0.115. The molecule has 0 fully saturated rings. The van der Waals surface area contributed by atoms with E-state index in [-0.39, 0.29) is 39.0 Å². The molecule has 0 radical (unpaired) electrons. The van der Waals surface area contributed by atoms with Crippen molar-refractivity contribution in [1.29, 1.82) is 0 Å². The van der Waals surface area contributed by atoms with Crippen LogP contribution in [0, 0.1) is 6.92 Å². The summed E-state index contributed by atoms with van der Waals surface area (Å²) in [6, 6.07) is 15.2. The van der Waals surface area contributed by atoms with Gasteiger partial charge >= 0.3 is 0 Å². The molecule has 0 aliphatic carbocycles. The SMILES string of the molecule is CCC(C(=O)Nc1cc(O)c(NC(=O)c2cc(C)ccc2OC)cc1Cl)S(=O)(=O)c1ccccc1. The average molecular weight is 517 g/mol. The highest BCUT2D eigenvalue weighted by Gasteiger charge is 2.33. The molecule has 3 aromatic carbocycles. The van der Waals surface area contributed by atoms with E-state index in [2.05, 4.69) is 10.6 Å². The predicted molar refractivity (Wildman–Crippen MR) is 135 cm³/mol. The minimum atomic E-state index is -3.94. The maximum Gasteiger partial charge on any atom is 0.259 e. The van der Waals surface area contributed by atoms with Crippen LogP contribution in [0.3, 0.4) is 0 Å². The van der Waals surface area contributed by atoms with Crippen LogP contribution in [0.15, 0.2) is 65.6 Å². The standard InChI is InChI=1S/C25H25ClN2O6S/c1-4-23(35(32,33)16-8-6-5-7-9-16)25(31)27-19-14-21(29)20(13-18(19)26)28-24(30)17-12-15(2)10-11-22(17)34-3/h5-14,23,29H,4H2,1-3H3,(H,27,31)(H,28,30). The Kier molecular flexibility index (Phi) is 8.03. The Hall–Kier alpha value is -3.56. The minimum absolute atomic E-state index is 0.00186. The number of aromatic hydroxyl groups is 1. The normalized spacial score (nSPS) is 12.0. The van der Waals surface area contributed by atoms with Crippen LogP contribution in [0.25, 0.3) is 0 Å². The van der Waals surface area contributed by atoms with Gasteiger partial charge in [-0.2, -0.15) is 0 Å². The Bertz CT molecular complexity index is 1360. The van der Waals surface area contributed by atoms with Crippen molar-refractivity contribution in [2.75, 3.05) is 17.7 Å². The molecule has 1 unspecified atom stereocenters. The van der Waals surface area contributed by atoms with Crippen LogP contribution in [-0.2, 0) is 14.6 Å². The summed E-state index contributed by atoms with van der Waals surface area (Å²) in [5.41, 5.74) is 1.11. The molecule has 0 saturated heterocycles. The number of methoxy groups -OCH3 is 1. The van der Waals surface area contributed by atoms with Gasteiger partial charge in [-0.1, -0.05) is 48.4 Å². The third-order valence-corrected chi connectivity index (χ3v) is 7.84. The highest BCUT2D eigenvalue weighted by Crippen LogP contribution is 2.35. The minimum Gasteiger partial charge on any atom is -0.506 e. The first-order chi connectivity index (χ1) is 16.6. The fourth-order valence-corrected chi connectivity index (χ4v) is 5.34. The number of amides is 2. The molecule has 0 heterocycles. The average Bonchev–Trinajstić information content (AvgIpc) is 2.83. The number of hydrogen-bond donors (Lipinski definition) is 3. The summed E-state index contributed by atoms with van der Waals surface area (Å²) in [5, 5.41) is 14.1. The number of anilines is 2. The zero-order chi connectivity index (χ0) is 25.8. The van der Waals surface area contributed by atoms with E-state index in [1.54, 1.807) is 43.3 Å². The van der Waals surface area contributed by atoms with Gasteiger partial charge in [-0.3, -0.25) is 9.59 Å². The van der Waals surface area contributed by atoms with Crippen molar-refractivity contribution < 1.29 is 27.9 Å². The molecule has 0 aliphatic rings. The van der Waals surface area contributed by atoms with Gasteiger partial charge in [0, 0.05) is 6.07 Å². The van der Waals surface area contributed by atoms with E-state index in [1.165, 1.54) is 25.3 Å². The Balaban J connectivity index is 1.83. The molecule has 0 bridgehead atoms. The van der Waals surface area contributed by atoms with E-state index in [0.29, 0.717) is 5.75 Å². The first-order valence-corrected chi connectivity index (χ1v) is 12.6. The van der Waals surface area contributed by atoms with Crippen LogP contribution in [-0.4, -0.2) is 37.7 Å². The molecule has 0 saturated carbocycles. The molecular formula is C25H25ClN2O6S. The molecule has 2 amide bonds. The number of carbonyl (C=O) groups is 2. The number of halogens is 1. The second-order valence-electron chi connectivity index (χ2n) is 7.75. The lowest BCUT2D eigenvalue weighted by atomic mass is 10.1. The Labute approximate surface area is 208 Å². The third kappa shape index (κ3) is 5.75. The molecule has 184 valence electrons. The molecule has 3 aromatic rings. The van der Waals surface area contributed by atoms with Gasteiger partial charge in [0.1, 0.15) is 16.7 Å². The lowest BCUT2D eigenvalue weighted by Gasteiger charge is -2.17. The van der Waals surface area contributed by atoms with Crippen molar-refractivity contribution >= 4 is 44.6 Å². The van der Waals surface area contributed by atoms with Gasteiger partial charge in [0.15, 0.2) is 9.84 Å². The second-order valence-corrected chi connectivity index (χ2v) is 10.3. The van der Waals surface area contributed by atoms with Crippen molar-refractivity contribution in [3.05, 3.63) is 76.8 Å². The van der Waals surface area contributed by atoms with Crippen LogP contribution in [0.2, 0.25) is 5.02 Å². The number of hydrogen-bond acceptors (Lipinski definition) is 6. The number of aryl methyl sites for hydroxylation is 1. The van der Waals surface area contributed by atoms with Gasteiger partial charge in [0.25, 0.3) is 5.91 Å². The summed E-state index contributed by atoms with van der Waals surface area (Å²) in [6.07, 6.45) is 0.0269. The third-order valence-electron chi connectivity index (χ3n) is 5.30. The van der Waals surface area contributed by atoms with Crippen molar-refractivity contribution in [2.24, 2.45) is 0 Å². The van der Waals surface area contributed by atoms with Gasteiger partial charge in [-0.15, -0.1) is 0 Å². The number of benzene rings is 3. The number of rotatable bonds is 8. The molecule has 0 aromatic heterocycles. The van der Waals surface area contributed by atoms with Gasteiger partial charge < -0.3 is 20.5 Å². The maximum absolute atomic E-state index is 12.9. The van der Waals surface area contributed by atoms with Crippen molar-refractivity contribution in [2.45, 2.75) is 30.4 Å². The van der Waals surface area contributed by atoms with E-state index in [1.807, 2.05) is 6.92 Å². The molecular weight excluding hydrogens is 492 g/mol. The van der Waals surface area contributed by atoms with Crippen LogP contribution < -0.4 is 15.4 Å². The van der Waals surface area contributed by atoms with Crippen molar-refractivity contribution in [1.82, 2.24) is 0 Å². The quantitative estimate of drug-likeness (QED) is 0.369. The van der Waals surface area contributed by atoms with E-state index in [4.69, 9.17) is 16.3 Å². The fraction of sp³-hybridized carbons (Fsp3) is 0.200. The van der Waals surface area contributed by atoms with E-state index in [0.717, 1.165) is 11.6 Å². The Morgan fingerprint density at radius 2 is 1.71 bits per heavy atom. The smallest absolute Gasteiger partial charge is 0.259 e. The summed E-state index contributed by atoms with van der Waals surface area (Å²) in [4.78, 5) is 25.7. The van der Waals surface area contributed by atoms with Gasteiger partial charge in [-0.25, -0.2) is 8.42 Å². The molecule has 35 heavy (non-hydrogen) atoms. The maximum atomic E-state index is 12.9. The predicted octanol–water partition coefficient (Wildman–Crippen LogP) is 4.81. The van der Waals surface area contributed by atoms with Crippen LogP contribution in [0.1, 0.15) is 29.3 Å². The fourth-order valence-electron chi connectivity index (χ4n) is 3.48. The highest BCUT2D eigenvalue weighted by molar-refractivity contribution is 7.92. The zero-order valence-corrected chi connectivity index (χ0v) is 20.9. The Morgan fingerprint density at radius 1 is 1.03 bits per heavy atom. The first kappa shape index (κ1) is 26.1. The Morgan fingerprint density at radius 3 is 2.34 bits per heavy atom. The highest BCUT2D eigenvalue weighted by atomic mass is 35.5. The molecule has 10 heteroatoms. The molecule has 8 nitrogen and oxygen atoms in total. The van der Waals surface area contributed by atoms with Crippen molar-refractivity contribution in [3.8, 4) is 11.5 Å². The van der Waals surface area contributed by atoms with Gasteiger partial charge in [0.2, 0.25) is 5.91 Å². The number of phenolic OH excluding ortho intramolecular Hbond substituents is 1. The molecule has 3 N–H and O–H groups in total. The van der Waals surface area contributed by atoms with Gasteiger partial charge in [0.05, 0.1) is 34.0 Å². The topological polar surface area (TPSA) is 122 Å². The van der Waals surface area contributed by atoms with Crippen molar-refractivity contribution in [3.63, 3.8) is 0 Å². The molecule has 1 atom stereocenters. The summed E-state index contributed by atoms with van der Waals surface area (Å²) in [6.45, 7) is 3.41. The lowest BCUT2D eigenvalue weighted by Crippen LogP contribution is -2.34. The monoisotopic (exact) mass is 516 g/mol. The zero-order valence-electron chi connectivity index (χ0n) is 19.3. The summed E-state index contributed by atoms with van der Waals surface area (Å²) < 4.78 is 31.1. The number of ether oxygens (including phenoxy) is 1. The number of nitrogens with one attached hydrogen (secondary N) is 2. The summed E-state index contributed by atoms with van der Waals surface area (Å²) in [5.74, 6) is -1.34. The second kappa shape index (κ2) is 10.8.